The number of carbonyl (C=O) groups is 1. The number of methoxy groups -OCH3 is 1. The van der Waals surface area contributed by atoms with Crippen LogP contribution < -0.4 is 10.1 Å². The zero-order valence-electron chi connectivity index (χ0n) is 16.3. The SMILES string of the molecule is COc1ccc([N+](=O)[O-])cc1NC(=O)C(C)N1CCCC(c2nccn2C)C1. The highest BCUT2D eigenvalue weighted by molar-refractivity contribution is 5.96. The average Bonchev–Trinajstić information content (AvgIpc) is 3.13. The number of nitrogens with zero attached hydrogens (tertiary/aromatic N) is 4. The van der Waals surface area contributed by atoms with Gasteiger partial charge in [0.1, 0.15) is 11.6 Å². The summed E-state index contributed by atoms with van der Waals surface area (Å²) in [6.45, 7) is 3.41. The van der Waals surface area contributed by atoms with Crippen molar-refractivity contribution >= 4 is 17.3 Å². The molecule has 28 heavy (non-hydrogen) atoms. The summed E-state index contributed by atoms with van der Waals surface area (Å²) >= 11 is 0. The minimum atomic E-state index is -0.499. The number of imidazole rings is 1. The second-order valence-electron chi connectivity index (χ2n) is 7.04. The van der Waals surface area contributed by atoms with E-state index in [0.717, 1.165) is 31.8 Å². The maximum Gasteiger partial charge on any atom is 0.271 e. The first-order chi connectivity index (χ1) is 13.4. The molecule has 2 aromatic rings. The lowest BCUT2D eigenvalue weighted by Crippen LogP contribution is -2.46. The van der Waals surface area contributed by atoms with Crippen molar-refractivity contribution in [2.45, 2.75) is 31.7 Å². The minimum Gasteiger partial charge on any atom is -0.495 e. The molecule has 1 aliphatic heterocycles. The van der Waals surface area contributed by atoms with Crippen molar-refractivity contribution in [1.82, 2.24) is 14.5 Å². The normalized spacial score (nSPS) is 18.5. The highest BCUT2D eigenvalue weighted by atomic mass is 16.6. The number of aromatic nitrogens is 2. The van der Waals surface area contributed by atoms with E-state index in [1.165, 1.54) is 25.3 Å². The van der Waals surface area contributed by atoms with E-state index in [-0.39, 0.29) is 23.6 Å². The quantitative estimate of drug-likeness (QED) is 0.604. The number of aryl methyl sites for hydroxylation is 1. The van der Waals surface area contributed by atoms with Gasteiger partial charge in [0.25, 0.3) is 5.69 Å². The maximum absolute atomic E-state index is 12.8. The van der Waals surface area contributed by atoms with Crippen LogP contribution in [0.25, 0.3) is 0 Å². The predicted molar refractivity (Wildman–Crippen MR) is 104 cm³/mol. The van der Waals surface area contributed by atoms with Crippen molar-refractivity contribution < 1.29 is 14.5 Å². The third-order valence-corrected chi connectivity index (χ3v) is 5.26. The first kappa shape index (κ1) is 19.8. The van der Waals surface area contributed by atoms with Gasteiger partial charge in [0.05, 0.1) is 23.8 Å². The number of carbonyl (C=O) groups excluding carboxylic acids is 1. The summed E-state index contributed by atoms with van der Waals surface area (Å²) in [4.78, 5) is 29.9. The number of likely N-dealkylation sites (tertiary alicyclic amines) is 1. The average molecular weight is 387 g/mol. The number of hydrogen-bond acceptors (Lipinski definition) is 6. The van der Waals surface area contributed by atoms with Crippen LogP contribution in [0.5, 0.6) is 5.75 Å². The molecule has 0 aliphatic carbocycles. The van der Waals surface area contributed by atoms with Crippen LogP contribution in [0, 0.1) is 10.1 Å². The summed E-state index contributed by atoms with van der Waals surface area (Å²) in [5.41, 5.74) is 0.197. The molecule has 1 aromatic carbocycles. The summed E-state index contributed by atoms with van der Waals surface area (Å²) in [5.74, 6) is 1.46. The number of rotatable bonds is 6. The first-order valence-electron chi connectivity index (χ1n) is 9.25. The second kappa shape index (κ2) is 8.39. The van der Waals surface area contributed by atoms with Crippen LogP contribution in [0.3, 0.4) is 0 Å². The lowest BCUT2D eigenvalue weighted by Gasteiger charge is -2.35. The third-order valence-electron chi connectivity index (χ3n) is 5.26. The van der Waals surface area contributed by atoms with Crippen LogP contribution in [0.15, 0.2) is 30.6 Å². The molecule has 150 valence electrons. The molecule has 1 N–H and O–H groups in total. The van der Waals surface area contributed by atoms with Gasteiger partial charge < -0.3 is 14.6 Å². The topological polar surface area (TPSA) is 103 Å². The smallest absolute Gasteiger partial charge is 0.271 e. The van der Waals surface area contributed by atoms with Gasteiger partial charge in [-0.05, 0) is 32.4 Å². The van der Waals surface area contributed by atoms with Crippen LogP contribution in [0.1, 0.15) is 31.5 Å². The Bertz CT molecular complexity index is 866. The molecule has 9 heteroatoms. The highest BCUT2D eigenvalue weighted by Gasteiger charge is 2.30. The van der Waals surface area contributed by atoms with Crippen LogP contribution >= 0.6 is 0 Å². The summed E-state index contributed by atoms with van der Waals surface area (Å²) in [5, 5.41) is 13.8. The van der Waals surface area contributed by atoms with Gasteiger partial charge in [-0.2, -0.15) is 0 Å². The van der Waals surface area contributed by atoms with Crippen molar-refractivity contribution in [2.75, 3.05) is 25.5 Å². The van der Waals surface area contributed by atoms with Gasteiger partial charge in [-0.25, -0.2) is 4.98 Å². The van der Waals surface area contributed by atoms with Gasteiger partial charge >= 0.3 is 0 Å². The number of ether oxygens (including phenoxy) is 1. The van der Waals surface area contributed by atoms with E-state index >= 15 is 0 Å². The molecule has 2 atom stereocenters. The molecule has 2 unspecified atom stereocenters. The van der Waals surface area contributed by atoms with E-state index < -0.39 is 4.92 Å². The van der Waals surface area contributed by atoms with E-state index in [0.29, 0.717) is 11.4 Å². The lowest BCUT2D eigenvalue weighted by molar-refractivity contribution is -0.384. The van der Waals surface area contributed by atoms with E-state index in [4.69, 9.17) is 4.74 Å². The zero-order valence-corrected chi connectivity index (χ0v) is 16.3. The third kappa shape index (κ3) is 4.14. The second-order valence-corrected chi connectivity index (χ2v) is 7.04. The van der Waals surface area contributed by atoms with Crippen molar-refractivity contribution in [3.63, 3.8) is 0 Å². The van der Waals surface area contributed by atoms with E-state index in [1.807, 2.05) is 24.7 Å². The molecular weight excluding hydrogens is 362 g/mol. The fourth-order valence-corrected chi connectivity index (χ4v) is 3.65. The molecule has 1 aliphatic rings. The molecule has 1 saturated heterocycles. The molecule has 0 spiro atoms. The summed E-state index contributed by atoms with van der Waals surface area (Å²) in [6.07, 6.45) is 5.74. The standard InChI is InChI=1S/C19H25N5O4/c1-13(23-9-4-5-14(12-23)18-20-8-10-22(18)2)19(25)21-16-11-15(24(26)27)6-7-17(16)28-3/h6-8,10-11,13-14H,4-5,9,12H2,1-3H3,(H,21,25). The Morgan fingerprint density at radius 2 is 2.25 bits per heavy atom. The lowest BCUT2D eigenvalue weighted by atomic mass is 9.96. The van der Waals surface area contributed by atoms with Gasteiger partial charge in [0.2, 0.25) is 5.91 Å². The number of benzene rings is 1. The Balaban J connectivity index is 1.71. The Labute approximate surface area is 163 Å². The number of nitrogens with one attached hydrogen (secondary N) is 1. The molecule has 0 radical (unpaired) electrons. The van der Waals surface area contributed by atoms with Crippen molar-refractivity contribution in [3.8, 4) is 5.75 Å². The Kier molecular flexibility index (Phi) is 5.93. The Hall–Kier alpha value is -2.94. The van der Waals surface area contributed by atoms with Gasteiger partial charge in [0, 0.05) is 44.0 Å². The number of hydrogen-bond donors (Lipinski definition) is 1. The summed E-state index contributed by atoms with van der Waals surface area (Å²) in [6, 6.07) is 3.76. The number of non-ortho nitro benzene ring substituents is 1. The van der Waals surface area contributed by atoms with Gasteiger partial charge in [-0.3, -0.25) is 19.8 Å². The highest BCUT2D eigenvalue weighted by Crippen LogP contribution is 2.30. The molecule has 1 aromatic heterocycles. The van der Waals surface area contributed by atoms with Crippen molar-refractivity contribution in [1.29, 1.82) is 0 Å². The Morgan fingerprint density at radius 1 is 1.46 bits per heavy atom. The minimum absolute atomic E-state index is 0.100. The summed E-state index contributed by atoms with van der Waals surface area (Å²) in [7, 11) is 3.44. The first-order valence-corrected chi connectivity index (χ1v) is 9.25. The van der Waals surface area contributed by atoms with Gasteiger partial charge in [-0.15, -0.1) is 0 Å². The predicted octanol–water partition coefficient (Wildman–Crippen LogP) is 2.54. The molecule has 9 nitrogen and oxygen atoms in total. The number of anilines is 1. The van der Waals surface area contributed by atoms with E-state index in [1.54, 1.807) is 6.20 Å². The number of nitro benzene ring substituents is 1. The Morgan fingerprint density at radius 3 is 2.89 bits per heavy atom. The van der Waals surface area contributed by atoms with Crippen LogP contribution in [-0.4, -0.2) is 51.5 Å². The molecule has 0 saturated carbocycles. The molecule has 1 fully saturated rings. The largest absolute Gasteiger partial charge is 0.495 e. The fourth-order valence-electron chi connectivity index (χ4n) is 3.65. The van der Waals surface area contributed by atoms with Crippen LogP contribution in [0.4, 0.5) is 11.4 Å². The number of amides is 1. The number of nitro groups is 1. The molecule has 3 rings (SSSR count). The molecule has 2 heterocycles. The van der Waals surface area contributed by atoms with E-state index in [9.17, 15) is 14.9 Å². The molecule has 0 bridgehead atoms. The molecule has 1 amide bonds. The van der Waals surface area contributed by atoms with Gasteiger partial charge in [-0.1, -0.05) is 0 Å². The zero-order chi connectivity index (χ0) is 20.3. The number of piperidine rings is 1. The van der Waals surface area contributed by atoms with E-state index in [2.05, 4.69) is 15.2 Å². The summed E-state index contributed by atoms with van der Waals surface area (Å²) < 4.78 is 7.24. The van der Waals surface area contributed by atoms with Crippen molar-refractivity contribution in [3.05, 3.63) is 46.5 Å². The van der Waals surface area contributed by atoms with Crippen LogP contribution in [0.2, 0.25) is 0 Å². The van der Waals surface area contributed by atoms with Crippen LogP contribution in [-0.2, 0) is 11.8 Å². The maximum atomic E-state index is 12.8. The fraction of sp³-hybridized carbons (Fsp3) is 0.474. The van der Waals surface area contributed by atoms with Gasteiger partial charge in [0.15, 0.2) is 0 Å². The van der Waals surface area contributed by atoms with Crippen molar-refractivity contribution in [2.24, 2.45) is 7.05 Å². The molecular formula is C19H25N5O4. The monoisotopic (exact) mass is 387 g/mol.